The van der Waals surface area contributed by atoms with Crippen molar-refractivity contribution in [2.24, 2.45) is 0 Å². The fourth-order valence-corrected chi connectivity index (χ4v) is 2.38. The van der Waals surface area contributed by atoms with Crippen molar-refractivity contribution in [3.8, 4) is 0 Å². The summed E-state index contributed by atoms with van der Waals surface area (Å²) in [7, 11) is 0. The Morgan fingerprint density at radius 3 is 2.81 bits per heavy atom. The molecule has 0 saturated heterocycles. The van der Waals surface area contributed by atoms with Crippen molar-refractivity contribution in [2.45, 2.75) is 38.6 Å². The number of ether oxygens (including phenoxy) is 1. The molecule has 1 aliphatic rings. The van der Waals surface area contributed by atoms with Gasteiger partial charge >= 0.3 is 5.97 Å². The Hall–Kier alpha value is -2.24. The molecule has 3 rings (SSSR count). The second-order valence-electron chi connectivity index (χ2n) is 5.15. The first-order chi connectivity index (χ1) is 10.3. The van der Waals surface area contributed by atoms with Crippen molar-refractivity contribution < 1.29 is 9.53 Å². The molecule has 6 nitrogen and oxygen atoms in total. The van der Waals surface area contributed by atoms with Gasteiger partial charge < -0.3 is 4.74 Å². The zero-order chi connectivity index (χ0) is 14.7. The molecule has 6 heteroatoms. The smallest absolute Gasteiger partial charge is 0.360 e. The van der Waals surface area contributed by atoms with Crippen LogP contribution in [0.4, 0.5) is 0 Å². The van der Waals surface area contributed by atoms with Gasteiger partial charge in [-0.05, 0) is 43.9 Å². The molecule has 0 N–H and O–H groups in total. The van der Waals surface area contributed by atoms with Gasteiger partial charge in [0.25, 0.3) is 0 Å². The van der Waals surface area contributed by atoms with E-state index in [9.17, 15) is 4.79 Å². The number of carbonyl (C=O) groups excluding carboxylic acids is 1. The molecule has 0 bridgehead atoms. The van der Waals surface area contributed by atoms with Crippen LogP contribution in [0.2, 0.25) is 0 Å². The second kappa shape index (κ2) is 6.03. The highest BCUT2D eigenvalue weighted by molar-refractivity contribution is 5.88. The summed E-state index contributed by atoms with van der Waals surface area (Å²) >= 11 is 0. The molecule has 0 atom stereocenters. The molecule has 0 spiro atoms. The predicted octanol–water partition coefficient (Wildman–Crippen LogP) is 1.97. The molecule has 0 aromatic carbocycles. The summed E-state index contributed by atoms with van der Waals surface area (Å²) in [4.78, 5) is 15.9. The van der Waals surface area contributed by atoms with Crippen molar-refractivity contribution in [3.05, 3.63) is 41.5 Å². The Bertz CT molecular complexity index is 620. The Labute approximate surface area is 123 Å². The van der Waals surface area contributed by atoms with E-state index in [1.807, 2.05) is 16.8 Å². The van der Waals surface area contributed by atoms with Crippen LogP contribution in [0.25, 0.3) is 0 Å². The van der Waals surface area contributed by atoms with Gasteiger partial charge in [0, 0.05) is 24.9 Å². The number of nitrogens with zero attached hydrogens (tertiary/aromatic N) is 4. The van der Waals surface area contributed by atoms with E-state index in [4.69, 9.17) is 4.74 Å². The summed E-state index contributed by atoms with van der Waals surface area (Å²) < 4.78 is 6.91. The summed E-state index contributed by atoms with van der Waals surface area (Å²) in [5.41, 5.74) is 2.51. The molecule has 2 heterocycles. The maximum absolute atomic E-state index is 11.9. The van der Waals surface area contributed by atoms with Crippen LogP contribution in [0.1, 0.15) is 47.4 Å². The molecule has 0 radical (unpaired) electrons. The lowest BCUT2D eigenvalue weighted by molar-refractivity contribution is 0.0518. The van der Waals surface area contributed by atoms with Gasteiger partial charge in [-0.2, -0.15) is 0 Å². The molecule has 21 heavy (non-hydrogen) atoms. The molecule has 0 aliphatic heterocycles. The summed E-state index contributed by atoms with van der Waals surface area (Å²) in [5.74, 6) is 0.0337. The molecule has 2 aromatic heterocycles. The van der Waals surface area contributed by atoms with E-state index in [-0.39, 0.29) is 5.97 Å². The highest BCUT2D eigenvalue weighted by Crippen LogP contribution is 2.41. The van der Waals surface area contributed by atoms with E-state index in [0.29, 0.717) is 24.8 Å². The minimum absolute atomic E-state index is 0.354. The van der Waals surface area contributed by atoms with Crippen LogP contribution in [0.5, 0.6) is 0 Å². The number of hydrogen-bond donors (Lipinski definition) is 0. The van der Waals surface area contributed by atoms with E-state index < -0.39 is 0 Å². The van der Waals surface area contributed by atoms with Crippen molar-refractivity contribution in [1.29, 1.82) is 0 Å². The number of aromatic nitrogens is 4. The standard InChI is InChI=1S/C15H18N4O2/c1-2-21-15(20)13-14(12-3-4-12)19(18-17-13)10-7-11-5-8-16-9-6-11/h5-6,8-9,12H,2-4,7,10H2,1H3. The number of carbonyl (C=O) groups is 1. The zero-order valence-electron chi connectivity index (χ0n) is 12.0. The van der Waals surface area contributed by atoms with Crippen molar-refractivity contribution in [1.82, 2.24) is 20.0 Å². The third-order valence-electron chi connectivity index (χ3n) is 3.57. The van der Waals surface area contributed by atoms with Crippen molar-refractivity contribution in [3.63, 3.8) is 0 Å². The van der Waals surface area contributed by atoms with E-state index in [1.165, 1.54) is 5.56 Å². The number of hydrogen-bond acceptors (Lipinski definition) is 5. The van der Waals surface area contributed by atoms with Crippen LogP contribution in [0.15, 0.2) is 24.5 Å². The Morgan fingerprint density at radius 2 is 2.14 bits per heavy atom. The quantitative estimate of drug-likeness (QED) is 0.759. The lowest BCUT2D eigenvalue weighted by Gasteiger charge is -2.07. The average Bonchev–Trinajstić information content (AvgIpc) is 3.26. The maximum Gasteiger partial charge on any atom is 0.360 e. The van der Waals surface area contributed by atoms with Crippen LogP contribution < -0.4 is 0 Å². The molecule has 1 saturated carbocycles. The topological polar surface area (TPSA) is 69.9 Å². The van der Waals surface area contributed by atoms with Crippen LogP contribution in [-0.2, 0) is 17.7 Å². The maximum atomic E-state index is 11.9. The highest BCUT2D eigenvalue weighted by atomic mass is 16.5. The first-order valence-electron chi connectivity index (χ1n) is 7.29. The monoisotopic (exact) mass is 286 g/mol. The molecule has 1 fully saturated rings. The molecule has 0 unspecified atom stereocenters. The van der Waals surface area contributed by atoms with Gasteiger partial charge in [0.05, 0.1) is 12.3 Å². The van der Waals surface area contributed by atoms with E-state index in [1.54, 1.807) is 19.3 Å². The third-order valence-corrected chi connectivity index (χ3v) is 3.57. The van der Waals surface area contributed by atoms with E-state index >= 15 is 0 Å². The molecule has 1 aliphatic carbocycles. The first kappa shape index (κ1) is 13.7. The van der Waals surface area contributed by atoms with Crippen LogP contribution in [-0.4, -0.2) is 32.6 Å². The van der Waals surface area contributed by atoms with Gasteiger partial charge in [-0.25, -0.2) is 9.48 Å². The number of esters is 1. The minimum Gasteiger partial charge on any atom is -0.461 e. The van der Waals surface area contributed by atoms with Gasteiger partial charge in [-0.1, -0.05) is 5.21 Å². The fourth-order valence-electron chi connectivity index (χ4n) is 2.38. The molecule has 0 amide bonds. The zero-order valence-corrected chi connectivity index (χ0v) is 12.0. The van der Waals surface area contributed by atoms with Gasteiger partial charge in [0.1, 0.15) is 0 Å². The van der Waals surface area contributed by atoms with Gasteiger partial charge in [0.2, 0.25) is 0 Å². The predicted molar refractivity (Wildman–Crippen MR) is 75.9 cm³/mol. The second-order valence-corrected chi connectivity index (χ2v) is 5.15. The lowest BCUT2D eigenvalue weighted by atomic mass is 10.2. The van der Waals surface area contributed by atoms with Crippen molar-refractivity contribution in [2.75, 3.05) is 6.61 Å². The molecule has 2 aromatic rings. The Kier molecular flexibility index (Phi) is 3.94. The number of pyridine rings is 1. The SMILES string of the molecule is CCOC(=O)c1nnn(CCc2ccncc2)c1C1CC1. The lowest BCUT2D eigenvalue weighted by Crippen LogP contribution is -2.11. The van der Waals surface area contributed by atoms with Gasteiger partial charge in [0.15, 0.2) is 5.69 Å². The third kappa shape index (κ3) is 3.09. The molecule has 110 valence electrons. The number of rotatable bonds is 6. The Balaban J connectivity index is 1.77. The van der Waals surface area contributed by atoms with Gasteiger partial charge in [-0.15, -0.1) is 5.10 Å². The van der Waals surface area contributed by atoms with E-state index in [2.05, 4.69) is 15.3 Å². The Morgan fingerprint density at radius 1 is 1.38 bits per heavy atom. The highest BCUT2D eigenvalue weighted by Gasteiger charge is 2.34. The van der Waals surface area contributed by atoms with Crippen LogP contribution in [0.3, 0.4) is 0 Å². The van der Waals surface area contributed by atoms with E-state index in [0.717, 1.165) is 25.0 Å². The fraction of sp³-hybridized carbons (Fsp3) is 0.467. The summed E-state index contributed by atoms with van der Waals surface area (Å²) in [6.45, 7) is 2.86. The normalized spacial score (nSPS) is 14.1. The van der Waals surface area contributed by atoms with Crippen LogP contribution >= 0.6 is 0 Å². The van der Waals surface area contributed by atoms with Crippen molar-refractivity contribution >= 4 is 5.97 Å². The summed E-state index contributed by atoms with van der Waals surface area (Å²) in [6.07, 6.45) is 6.59. The molecular formula is C15H18N4O2. The first-order valence-corrected chi connectivity index (χ1v) is 7.29. The minimum atomic E-state index is -0.366. The van der Waals surface area contributed by atoms with Gasteiger partial charge in [-0.3, -0.25) is 4.98 Å². The molecular weight excluding hydrogens is 268 g/mol. The average molecular weight is 286 g/mol. The number of aryl methyl sites for hydroxylation is 2. The summed E-state index contributed by atoms with van der Waals surface area (Å²) in [5, 5.41) is 8.18. The largest absolute Gasteiger partial charge is 0.461 e. The summed E-state index contributed by atoms with van der Waals surface area (Å²) in [6, 6.07) is 3.97. The van der Waals surface area contributed by atoms with Crippen LogP contribution in [0, 0.1) is 0 Å².